The predicted octanol–water partition coefficient (Wildman–Crippen LogP) is 2.48. The summed E-state index contributed by atoms with van der Waals surface area (Å²) in [6.07, 6.45) is 4.20. The Morgan fingerprint density at radius 1 is 1.41 bits per heavy atom. The molecule has 0 radical (unpaired) electrons. The van der Waals surface area contributed by atoms with Gasteiger partial charge in [-0.2, -0.15) is 5.10 Å². The van der Waals surface area contributed by atoms with Gasteiger partial charge in [0.25, 0.3) is 5.91 Å². The number of aromatic nitrogens is 2. The summed E-state index contributed by atoms with van der Waals surface area (Å²) < 4.78 is 1.65. The number of hydrogen-bond donors (Lipinski definition) is 2. The van der Waals surface area contributed by atoms with Crippen molar-refractivity contribution in [2.45, 2.75) is 31.8 Å². The highest BCUT2D eigenvalue weighted by molar-refractivity contribution is 6.30. The summed E-state index contributed by atoms with van der Waals surface area (Å²) in [5, 5.41) is 17.8. The molecule has 1 heterocycles. The maximum atomic E-state index is 12.3. The number of carbonyl (C=O) groups excluding carboxylic acids is 1. The van der Waals surface area contributed by atoms with E-state index in [1.807, 2.05) is 12.1 Å². The van der Waals surface area contributed by atoms with Gasteiger partial charge in [-0.05, 0) is 50.5 Å². The molecule has 1 aromatic heterocycles. The number of hydrogen-bond acceptors (Lipinski definition) is 3. The molecule has 0 aliphatic heterocycles. The van der Waals surface area contributed by atoms with Crippen molar-refractivity contribution < 1.29 is 9.90 Å². The summed E-state index contributed by atoms with van der Waals surface area (Å²) in [7, 11) is 0. The van der Waals surface area contributed by atoms with Gasteiger partial charge in [0, 0.05) is 17.8 Å². The average molecular weight is 320 g/mol. The number of benzene rings is 1. The molecular weight excluding hydrogens is 302 g/mol. The van der Waals surface area contributed by atoms with Crippen LogP contribution in [0.3, 0.4) is 0 Å². The average Bonchev–Trinajstić information content (AvgIpc) is 2.85. The lowest BCUT2D eigenvalue weighted by Crippen LogP contribution is -2.47. The van der Waals surface area contributed by atoms with E-state index in [2.05, 4.69) is 10.4 Å². The fourth-order valence-corrected chi connectivity index (χ4v) is 2.64. The quantitative estimate of drug-likeness (QED) is 0.909. The fraction of sp³-hybridized carbons (Fsp3) is 0.375. The standard InChI is InChI=1S/C16H18ClN3O2/c1-11-14(15(21)18-10-16(22)7-2-8-16)9-20(19-11)13-5-3-12(17)4-6-13/h3-6,9,22H,2,7-8,10H2,1H3,(H,18,21). The summed E-state index contributed by atoms with van der Waals surface area (Å²) in [5.74, 6) is -0.210. The number of aryl methyl sites for hydroxylation is 1. The molecule has 3 rings (SSSR count). The summed E-state index contributed by atoms with van der Waals surface area (Å²) in [6.45, 7) is 2.08. The summed E-state index contributed by atoms with van der Waals surface area (Å²) in [6, 6.07) is 7.24. The number of carbonyl (C=O) groups is 1. The van der Waals surface area contributed by atoms with Crippen molar-refractivity contribution >= 4 is 17.5 Å². The van der Waals surface area contributed by atoms with E-state index in [9.17, 15) is 9.90 Å². The van der Waals surface area contributed by atoms with Crippen LogP contribution < -0.4 is 5.32 Å². The summed E-state index contributed by atoms with van der Waals surface area (Å²) >= 11 is 5.87. The third kappa shape index (κ3) is 3.00. The molecule has 2 aromatic rings. The monoisotopic (exact) mass is 319 g/mol. The van der Waals surface area contributed by atoms with E-state index in [1.165, 1.54) is 0 Å². The topological polar surface area (TPSA) is 67.2 Å². The van der Waals surface area contributed by atoms with E-state index in [4.69, 9.17) is 11.6 Å². The zero-order valence-corrected chi connectivity index (χ0v) is 13.1. The molecule has 2 N–H and O–H groups in total. The predicted molar refractivity (Wildman–Crippen MR) is 84.4 cm³/mol. The lowest BCUT2D eigenvalue weighted by atomic mass is 9.80. The Kier molecular flexibility index (Phi) is 3.93. The molecule has 1 fully saturated rings. The highest BCUT2D eigenvalue weighted by Crippen LogP contribution is 2.30. The SMILES string of the molecule is Cc1nn(-c2ccc(Cl)cc2)cc1C(=O)NCC1(O)CCC1. The number of halogens is 1. The number of aliphatic hydroxyl groups is 1. The first-order chi connectivity index (χ1) is 10.5. The van der Waals surface area contributed by atoms with Crippen molar-refractivity contribution in [2.75, 3.05) is 6.54 Å². The highest BCUT2D eigenvalue weighted by Gasteiger charge is 2.34. The van der Waals surface area contributed by atoms with Gasteiger partial charge in [0.2, 0.25) is 0 Å². The molecule has 0 atom stereocenters. The Balaban J connectivity index is 1.74. The number of amides is 1. The van der Waals surface area contributed by atoms with Crippen LogP contribution in [-0.2, 0) is 0 Å². The molecule has 1 amide bonds. The molecule has 0 unspecified atom stereocenters. The zero-order chi connectivity index (χ0) is 15.7. The second-order valence-corrected chi connectivity index (χ2v) is 6.25. The van der Waals surface area contributed by atoms with Gasteiger partial charge in [-0.1, -0.05) is 11.6 Å². The minimum absolute atomic E-state index is 0.210. The number of rotatable bonds is 4. The summed E-state index contributed by atoms with van der Waals surface area (Å²) in [5.41, 5.74) is 1.27. The van der Waals surface area contributed by atoms with Crippen molar-refractivity contribution in [3.05, 3.63) is 46.7 Å². The minimum atomic E-state index is -0.726. The molecule has 1 aromatic carbocycles. The Bertz CT molecular complexity index is 690. The van der Waals surface area contributed by atoms with Gasteiger partial charge >= 0.3 is 0 Å². The first-order valence-electron chi connectivity index (χ1n) is 7.30. The van der Waals surface area contributed by atoms with Crippen LogP contribution in [0.15, 0.2) is 30.5 Å². The summed E-state index contributed by atoms with van der Waals surface area (Å²) in [4.78, 5) is 12.3. The molecule has 6 heteroatoms. The highest BCUT2D eigenvalue weighted by atomic mass is 35.5. The van der Waals surface area contributed by atoms with Gasteiger partial charge in [0.15, 0.2) is 0 Å². The van der Waals surface area contributed by atoms with Crippen LogP contribution in [0.2, 0.25) is 5.02 Å². The first-order valence-corrected chi connectivity index (χ1v) is 7.67. The van der Waals surface area contributed by atoms with Crippen LogP contribution in [0.4, 0.5) is 0 Å². The maximum Gasteiger partial charge on any atom is 0.254 e. The smallest absolute Gasteiger partial charge is 0.254 e. The first kappa shape index (κ1) is 15.1. The zero-order valence-electron chi connectivity index (χ0n) is 12.3. The molecule has 1 saturated carbocycles. The Morgan fingerprint density at radius 2 is 2.09 bits per heavy atom. The van der Waals surface area contributed by atoms with Crippen LogP contribution >= 0.6 is 11.6 Å². The lowest BCUT2D eigenvalue weighted by molar-refractivity contribution is -0.0300. The molecular formula is C16H18ClN3O2. The number of nitrogens with one attached hydrogen (secondary N) is 1. The van der Waals surface area contributed by atoms with E-state index in [0.29, 0.717) is 16.3 Å². The van der Waals surface area contributed by atoms with Gasteiger partial charge in [-0.25, -0.2) is 4.68 Å². The van der Waals surface area contributed by atoms with Crippen molar-refractivity contribution in [2.24, 2.45) is 0 Å². The molecule has 0 spiro atoms. The van der Waals surface area contributed by atoms with Crippen molar-refractivity contribution in [1.82, 2.24) is 15.1 Å². The largest absolute Gasteiger partial charge is 0.388 e. The minimum Gasteiger partial charge on any atom is -0.388 e. The van der Waals surface area contributed by atoms with Gasteiger partial charge in [-0.15, -0.1) is 0 Å². The third-order valence-electron chi connectivity index (χ3n) is 4.10. The van der Waals surface area contributed by atoms with Gasteiger partial charge in [-0.3, -0.25) is 4.79 Å². The van der Waals surface area contributed by atoms with E-state index in [0.717, 1.165) is 24.9 Å². The van der Waals surface area contributed by atoms with Crippen molar-refractivity contribution in [3.8, 4) is 5.69 Å². The molecule has 0 bridgehead atoms. The second kappa shape index (κ2) is 5.74. The number of nitrogens with zero attached hydrogens (tertiary/aromatic N) is 2. The second-order valence-electron chi connectivity index (χ2n) is 5.81. The molecule has 22 heavy (non-hydrogen) atoms. The normalized spacial score (nSPS) is 16.1. The van der Waals surface area contributed by atoms with E-state index in [-0.39, 0.29) is 12.5 Å². The van der Waals surface area contributed by atoms with Crippen molar-refractivity contribution in [1.29, 1.82) is 0 Å². The van der Waals surface area contributed by atoms with E-state index < -0.39 is 5.60 Å². The molecule has 0 saturated heterocycles. The molecule has 1 aliphatic rings. The van der Waals surface area contributed by atoms with Crippen molar-refractivity contribution in [3.63, 3.8) is 0 Å². The Labute approximate surface area is 133 Å². The van der Waals surface area contributed by atoms with E-state index in [1.54, 1.807) is 29.9 Å². The molecule has 116 valence electrons. The van der Waals surface area contributed by atoms with Crippen LogP contribution in [-0.4, -0.2) is 32.9 Å². The van der Waals surface area contributed by atoms with Gasteiger partial charge in [0.1, 0.15) is 0 Å². The Morgan fingerprint density at radius 3 is 2.68 bits per heavy atom. The fourth-order valence-electron chi connectivity index (χ4n) is 2.51. The van der Waals surface area contributed by atoms with Gasteiger partial charge < -0.3 is 10.4 Å². The third-order valence-corrected chi connectivity index (χ3v) is 4.35. The molecule has 5 nitrogen and oxygen atoms in total. The van der Waals surface area contributed by atoms with Crippen LogP contribution in [0.1, 0.15) is 35.3 Å². The Hall–Kier alpha value is -1.85. The van der Waals surface area contributed by atoms with Crippen LogP contribution in [0.5, 0.6) is 0 Å². The maximum absolute atomic E-state index is 12.3. The van der Waals surface area contributed by atoms with E-state index >= 15 is 0 Å². The van der Waals surface area contributed by atoms with Crippen LogP contribution in [0, 0.1) is 6.92 Å². The molecule has 1 aliphatic carbocycles. The lowest BCUT2D eigenvalue weighted by Gasteiger charge is -2.36. The van der Waals surface area contributed by atoms with Crippen LogP contribution in [0.25, 0.3) is 5.69 Å². The van der Waals surface area contributed by atoms with Gasteiger partial charge in [0.05, 0.1) is 22.5 Å².